The Labute approximate surface area is 158 Å². The molecule has 0 aromatic heterocycles. The average molecular weight is 369 g/mol. The standard InChI is InChI=1S/C21H23NO5/c1-3-20(23)26-14-5-4-13-25-18-11-9-16(10-12-18)21(24)27-19-8-6-7-17(15-19)22-2/h3,6-12,15,22H,1,4-5,13-14H2,2H3. The minimum Gasteiger partial charge on any atom is -0.494 e. The molecule has 0 spiro atoms. The highest BCUT2D eigenvalue weighted by atomic mass is 16.5. The normalized spacial score (nSPS) is 9.96. The molecule has 1 N–H and O–H groups in total. The second kappa shape index (κ2) is 10.7. The largest absolute Gasteiger partial charge is 0.494 e. The van der Waals surface area contributed by atoms with E-state index in [0.29, 0.717) is 36.7 Å². The number of esters is 2. The van der Waals surface area contributed by atoms with Crippen LogP contribution in [-0.4, -0.2) is 32.2 Å². The average Bonchev–Trinajstić information content (AvgIpc) is 2.70. The number of carbonyl (C=O) groups is 2. The van der Waals surface area contributed by atoms with Crippen LogP contribution in [0.1, 0.15) is 23.2 Å². The molecule has 0 aliphatic rings. The number of nitrogens with one attached hydrogen (secondary N) is 1. The fourth-order valence-corrected chi connectivity index (χ4v) is 2.19. The smallest absolute Gasteiger partial charge is 0.343 e. The van der Waals surface area contributed by atoms with Gasteiger partial charge in [0.2, 0.25) is 0 Å². The van der Waals surface area contributed by atoms with Crippen molar-refractivity contribution < 1.29 is 23.8 Å². The molecular weight excluding hydrogens is 346 g/mol. The maximum atomic E-state index is 12.2. The van der Waals surface area contributed by atoms with E-state index in [-0.39, 0.29) is 0 Å². The Morgan fingerprint density at radius 2 is 1.78 bits per heavy atom. The molecule has 0 fully saturated rings. The first-order chi connectivity index (χ1) is 13.1. The van der Waals surface area contributed by atoms with Crippen molar-refractivity contribution in [3.05, 3.63) is 66.7 Å². The van der Waals surface area contributed by atoms with Gasteiger partial charge in [-0.2, -0.15) is 0 Å². The number of carbonyl (C=O) groups excluding carboxylic acids is 2. The van der Waals surface area contributed by atoms with Gasteiger partial charge in [0, 0.05) is 24.9 Å². The third-order valence-corrected chi connectivity index (χ3v) is 3.64. The first-order valence-corrected chi connectivity index (χ1v) is 8.64. The van der Waals surface area contributed by atoms with E-state index >= 15 is 0 Å². The number of ether oxygens (including phenoxy) is 3. The summed E-state index contributed by atoms with van der Waals surface area (Å²) in [5.41, 5.74) is 1.30. The molecule has 142 valence electrons. The summed E-state index contributed by atoms with van der Waals surface area (Å²) in [5.74, 6) is 0.283. The molecule has 2 aromatic rings. The Kier molecular flexibility index (Phi) is 7.91. The number of hydrogen-bond donors (Lipinski definition) is 1. The number of unbranched alkanes of at least 4 members (excludes halogenated alkanes) is 1. The Morgan fingerprint density at radius 1 is 1.04 bits per heavy atom. The maximum Gasteiger partial charge on any atom is 0.343 e. The van der Waals surface area contributed by atoms with Gasteiger partial charge in [-0.1, -0.05) is 12.6 Å². The van der Waals surface area contributed by atoms with Crippen LogP contribution >= 0.6 is 0 Å². The van der Waals surface area contributed by atoms with Crippen LogP contribution in [0.3, 0.4) is 0 Å². The molecule has 0 amide bonds. The summed E-state index contributed by atoms with van der Waals surface area (Å²) in [6, 6.07) is 13.9. The van der Waals surface area contributed by atoms with Gasteiger partial charge < -0.3 is 19.5 Å². The van der Waals surface area contributed by atoms with E-state index in [2.05, 4.69) is 11.9 Å². The Hall–Kier alpha value is -3.28. The fourth-order valence-electron chi connectivity index (χ4n) is 2.19. The van der Waals surface area contributed by atoms with Gasteiger partial charge >= 0.3 is 11.9 Å². The minimum atomic E-state index is -0.432. The van der Waals surface area contributed by atoms with Gasteiger partial charge in [-0.15, -0.1) is 0 Å². The zero-order chi connectivity index (χ0) is 19.5. The molecule has 0 aliphatic carbocycles. The summed E-state index contributed by atoms with van der Waals surface area (Å²) in [6.07, 6.45) is 2.59. The highest BCUT2D eigenvalue weighted by Crippen LogP contribution is 2.19. The van der Waals surface area contributed by atoms with E-state index in [1.807, 2.05) is 12.1 Å². The van der Waals surface area contributed by atoms with Gasteiger partial charge in [0.15, 0.2) is 0 Å². The zero-order valence-electron chi connectivity index (χ0n) is 15.3. The first-order valence-electron chi connectivity index (χ1n) is 8.64. The number of benzene rings is 2. The topological polar surface area (TPSA) is 73.9 Å². The van der Waals surface area contributed by atoms with E-state index < -0.39 is 11.9 Å². The lowest BCUT2D eigenvalue weighted by Crippen LogP contribution is -2.08. The molecule has 2 rings (SSSR count). The van der Waals surface area contributed by atoms with Crippen LogP contribution in [0.5, 0.6) is 11.5 Å². The number of anilines is 1. The number of hydrogen-bond acceptors (Lipinski definition) is 6. The van der Waals surface area contributed by atoms with Crippen molar-refractivity contribution in [3.8, 4) is 11.5 Å². The van der Waals surface area contributed by atoms with E-state index in [9.17, 15) is 9.59 Å². The van der Waals surface area contributed by atoms with Crippen LogP contribution in [0, 0.1) is 0 Å². The Bertz CT molecular complexity index is 770. The molecule has 2 aromatic carbocycles. The van der Waals surface area contributed by atoms with E-state index in [1.54, 1.807) is 43.4 Å². The van der Waals surface area contributed by atoms with Crippen LogP contribution in [-0.2, 0) is 9.53 Å². The minimum absolute atomic E-state index is 0.341. The predicted octanol–water partition coefficient (Wildman–Crippen LogP) is 3.84. The van der Waals surface area contributed by atoms with Crippen molar-refractivity contribution in [3.63, 3.8) is 0 Å². The summed E-state index contributed by atoms with van der Waals surface area (Å²) in [7, 11) is 1.80. The van der Waals surface area contributed by atoms with Crippen molar-refractivity contribution in [1.29, 1.82) is 0 Å². The van der Waals surface area contributed by atoms with Crippen LogP contribution in [0.4, 0.5) is 5.69 Å². The molecule has 0 heterocycles. The second-order valence-corrected chi connectivity index (χ2v) is 5.62. The zero-order valence-corrected chi connectivity index (χ0v) is 15.3. The Morgan fingerprint density at radius 3 is 2.48 bits per heavy atom. The molecule has 0 atom stereocenters. The van der Waals surface area contributed by atoms with Crippen LogP contribution in [0.15, 0.2) is 61.2 Å². The van der Waals surface area contributed by atoms with Gasteiger partial charge in [0.1, 0.15) is 11.5 Å². The lowest BCUT2D eigenvalue weighted by Gasteiger charge is -2.08. The van der Waals surface area contributed by atoms with Crippen LogP contribution < -0.4 is 14.8 Å². The summed E-state index contributed by atoms with van der Waals surface area (Å²) >= 11 is 0. The lowest BCUT2D eigenvalue weighted by atomic mass is 10.2. The third kappa shape index (κ3) is 6.86. The third-order valence-electron chi connectivity index (χ3n) is 3.64. The first kappa shape index (κ1) is 20.0. The van der Waals surface area contributed by atoms with E-state index in [1.165, 1.54) is 0 Å². The number of rotatable bonds is 10. The van der Waals surface area contributed by atoms with Crippen LogP contribution in [0.2, 0.25) is 0 Å². The second-order valence-electron chi connectivity index (χ2n) is 5.62. The van der Waals surface area contributed by atoms with Crippen molar-refractivity contribution in [1.82, 2.24) is 0 Å². The summed E-state index contributed by atoms with van der Waals surface area (Å²) in [4.78, 5) is 23.1. The molecule has 0 saturated heterocycles. The highest BCUT2D eigenvalue weighted by Gasteiger charge is 2.09. The van der Waals surface area contributed by atoms with Gasteiger partial charge in [0.05, 0.1) is 18.8 Å². The molecule has 0 unspecified atom stereocenters. The van der Waals surface area contributed by atoms with Gasteiger partial charge in [-0.3, -0.25) is 0 Å². The molecule has 6 nitrogen and oxygen atoms in total. The molecule has 0 saturated carbocycles. The highest BCUT2D eigenvalue weighted by molar-refractivity contribution is 5.91. The monoisotopic (exact) mass is 369 g/mol. The molecule has 6 heteroatoms. The molecule has 0 aliphatic heterocycles. The fraction of sp³-hybridized carbons (Fsp3) is 0.238. The van der Waals surface area contributed by atoms with Crippen molar-refractivity contribution >= 4 is 17.6 Å². The van der Waals surface area contributed by atoms with Crippen molar-refractivity contribution in [2.45, 2.75) is 12.8 Å². The summed E-state index contributed by atoms with van der Waals surface area (Å²) in [5, 5.41) is 2.99. The van der Waals surface area contributed by atoms with Crippen molar-refractivity contribution in [2.75, 3.05) is 25.6 Å². The van der Waals surface area contributed by atoms with E-state index in [4.69, 9.17) is 14.2 Å². The quantitative estimate of drug-likeness (QED) is 0.297. The molecular formula is C21H23NO5. The van der Waals surface area contributed by atoms with Crippen molar-refractivity contribution in [2.24, 2.45) is 0 Å². The molecule has 0 bridgehead atoms. The van der Waals surface area contributed by atoms with Crippen LogP contribution in [0.25, 0.3) is 0 Å². The van der Waals surface area contributed by atoms with E-state index in [0.717, 1.165) is 18.2 Å². The predicted molar refractivity (Wildman–Crippen MR) is 103 cm³/mol. The lowest BCUT2D eigenvalue weighted by molar-refractivity contribution is -0.137. The Balaban J connectivity index is 1.76. The van der Waals surface area contributed by atoms with Gasteiger partial charge in [-0.05, 0) is 49.2 Å². The van der Waals surface area contributed by atoms with Gasteiger partial charge in [-0.25, -0.2) is 9.59 Å². The maximum absolute atomic E-state index is 12.2. The SMILES string of the molecule is C=CC(=O)OCCCCOc1ccc(C(=O)Oc2cccc(NC)c2)cc1. The molecule has 27 heavy (non-hydrogen) atoms. The van der Waals surface area contributed by atoms with Gasteiger partial charge in [0.25, 0.3) is 0 Å². The molecule has 0 radical (unpaired) electrons. The summed E-state index contributed by atoms with van der Waals surface area (Å²) < 4.78 is 15.9. The summed E-state index contributed by atoms with van der Waals surface area (Å²) in [6.45, 7) is 4.16.